The molecule has 0 aliphatic rings. The van der Waals surface area contributed by atoms with E-state index >= 15 is 0 Å². The number of unbranched alkanes of at least 4 members (excludes halogenated alkanes) is 6. The molecule has 0 nitrogen and oxygen atoms in total. The van der Waals surface area contributed by atoms with E-state index in [1.165, 1.54) is 68.1 Å². The van der Waals surface area contributed by atoms with Gasteiger partial charge >= 0.3 is 0 Å². The predicted molar refractivity (Wildman–Crippen MR) is 90.2 cm³/mol. The van der Waals surface area contributed by atoms with Gasteiger partial charge in [-0.3, -0.25) is 0 Å². The summed E-state index contributed by atoms with van der Waals surface area (Å²) in [5, 5.41) is 0. The van der Waals surface area contributed by atoms with E-state index in [-0.39, 0.29) is 0 Å². The van der Waals surface area contributed by atoms with E-state index in [0.717, 1.165) is 0 Å². The smallest absolute Gasteiger partial charge is 0.0397 e. The summed E-state index contributed by atoms with van der Waals surface area (Å²) in [6, 6.07) is 6.79. The molecular weight excluding hydrogens is 296 g/mol. The molecule has 0 bridgehead atoms. The Kier molecular flexibility index (Phi) is 8.45. The second-order valence-corrected chi connectivity index (χ2v) is 6.84. The Morgan fingerprint density at radius 3 is 2.21 bits per heavy atom. The van der Waals surface area contributed by atoms with Crippen LogP contribution in [0.15, 0.2) is 18.2 Å². The quantitative estimate of drug-likeness (QED) is 0.343. The van der Waals surface area contributed by atoms with Gasteiger partial charge in [0.25, 0.3) is 0 Å². The largest absolute Gasteiger partial charge is 0.0839 e. The average Bonchev–Trinajstić information content (AvgIpc) is 2.37. The van der Waals surface area contributed by atoms with Crippen molar-refractivity contribution in [3.63, 3.8) is 0 Å². The van der Waals surface area contributed by atoms with Gasteiger partial charge in [0.1, 0.15) is 0 Å². The Balaban J connectivity index is 2.22. The van der Waals surface area contributed by atoms with E-state index in [2.05, 4.69) is 54.9 Å². The normalized spacial score (nSPS) is 12.6. The van der Waals surface area contributed by atoms with Gasteiger partial charge in [-0.2, -0.15) is 0 Å². The summed E-state index contributed by atoms with van der Waals surface area (Å²) in [5.74, 6) is 0. The number of rotatable bonds is 9. The van der Waals surface area contributed by atoms with Gasteiger partial charge in [0.2, 0.25) is 0 Å². The molecule has 1 rings (SSSR count). The van der Waals surface area contributed by atoms with Crippen LogP contribution in [-0.2, 0) is 0 Å². The van der Waals surface area contributed by atoms with Crippen LogP contribution in [0.2, 0.25) is 0 Å². The molecule has 0 radical (unpaired) electrons. The van der Waals surface area contributed by atoms with Crippen LogP contribution in [0.5, 0.6) is 0 Å². The van der Waals surface area contributed by atoms with Crippen LogP contribution >= 0.6 is 15.9 Å². The number of aryl methyl sites for hydroxylation is 2. The van der Waals surface area contributed by atoms with Gasteiger partial charge in [-0.1, -0.05) is 91.6 Å². The van der Waals surface area contributed by atoms with Crippen LogP contribution in [0.4, 0.5) is 0 Å². The third-order valence-corrected chi connectivity index (χ3v) is 4.77. The average molecular weight is 325 g/mol. The lowest BCUT2D eigenvalue weighted by Crippen LogP contribution is -1.94. The van der Waals surface area contributed by atoms with Crippen LogP contribution < -0.4 is 0 Å². The monoisotopic (exact) mass is 324 g/mol. The molecule has 0 heterocycles. The zero-order valence-corrected chi connectivity index (χ0v) is 14.4. The molecule has 0 N–H and O–H groups in total. The summed E-state index contributed by atoms with van der Waals surface area (Å²) >= 11 is 3.86. The highest BCUT2D eigenvalue weighted by Crippen LogP contribution is 2.31. The second kappa shape index (κ2) is 9.58. The van der Waals surface area contributed by atoms with E-state index in [1.54, 1.807) is 0 Å². The highest BCUT2D eigenvalue weighted by atomic mass is 79.9. The lowest BCUT2D eigenvalue weighted by atomic mass is 9.99. The minimum Gasteiger partial charge on any atom is -0.0839 e. The minimum atomic E-state index is 0.531. The molecule has 1 aromatic rings. The van der Waals surface area contributed by atoms with Crippen LogP contribution in [0.25, 0.3) is 0 Å². The molecule has 108 valence electrons. The van der Waals surface area contributed by atoms with Crippen molar-refractivity contribution in [1.82, 2.24) is 0 Å². The Morgan fingerprint density at radius 2 is 1.58 bits per heavy atom. The molecule has 0 aliphatic heterocycles. The maximum atomic E-state index is 3.86. The maximum absolute atomic E-state index is 3.86. The first-order valence-electron chi connectivity index (χ1n) is 7.86. The zero-order valence-electron chi connectivity index (χ0n) is 12.8. The predicted octanol–water partition coefficient (Wildman–Crippen LogP) is 6.88. The molecule has 0 saturated carbocycles. The van der Waals surface area contributed by atoms with Crippen molar-refractivity contribution in [1.29, 1.82) is 0 Å². The summed E-state index contributed by atoms with van der Waals surface area (Å²) < 4.78 is 0. The van der Waals surface area contributed by atoms with Crippen molar-refractivity contribution in [3.05, 3.63) is 34.9 Å². The molecular formula is C18H29Br. The molecule has 1 heteroatoms. The molecule has 0 aliphatic carbocycles. The van der Waals surface area contributed by atoms with Crippen LogP contribution in [0.3, 0.4) is 0 Å². The number of hydrogen-bond acceptors (Lipinski definition) is 0. The third-order valence-electron chi connectivity index (χ3n) is 3.82. The Labute approximate surface area is 128 Å². The first kappa shape index (κ1) is 16.8. The second-order valence-electron chi connectivity index (χ2n) is 5.74. The van der Waals surface area contributed by atoms with Crippen molar-refractivity contribution in [2.75, 3.05) is 0 Å². The Morgan fingerprint density at radius 1 is 0.947 bits per heavy atom. The van der Waals surface area contributed by atoms with E-state index in [0.29, 0.717) is 4.83 Å². The van der Waals surface area contributed by atoms with Crippen LogP contribution in [-0.4, -0.2) is 0 Å². The van der Waals surface area contributed by atoms with Gasteiger partial charge in [-0.15, -0.1) is 0 Å². The van der Waals surface area contributed by atoms with Gasteiger partial charge in [0.15, 0.2) is 0 Å². The molecule has 0 spiro atoms. The summed E-state index contributed by atoms with van der Waals surface area (Å²) in [5.41, 5.74) is 4.25. The summed E-state index contributed by atoms with van der Waals surface area (Å²) in [4.78, 5) is 0.531. The lowest BCUT2D eigenvalue weighted by molar-refractivity contribution is 0.574. The molecule has 0 aromatic heterocycles. The SMILES string of the molecule is CCCCCCCCCC(Br)c1ccc(C)cc1C. The van der Waals surface area contributed by atoms with Gasteiger partial charge < -0.3 is 0 Å². The van der Waals surface area contributed by atoms with Crippen molar-refractivity contribution in [2.45, 2.75) is 77.0 Å². The highest BCUT2D eigenvalue weighted by molar-refractivity contribution is 9.09. The Bertz CT molecular complexity index is 357. The summed E-state index contributed by atoms with van der Waals surface area (Å²) in [6.07, 6.45) is 11.0. The number of alkyl halides is 1. The first-order chi connectivity index (χ1) is 9.15. The van der Waals surface area contributed by atoms with E-state index in [4.69, 9.17) is 0 Å². The first-order valence-corrected chi connectivity index (χ1v) is 8.78. The maximum Gasteiger partial charge on any atom is 0.0397 e. The zero-order chi connectivity index (χ0) is 14.1. The molecule has 0 fully saturated rings. The number of hydrogen-bond donors (Lipinski definition) is 0. The van der Waals surface area contributed by atoms with Crippen molar-refractivity contribution in [2.24, 2.45) is 0 Å². The van der Waals surface area contributed by atoms with Crippen molar-refractivity contribution < 1.29 is 0 Å². The third kappa shape index (κ3) is 6.61. The topological polar surface area (TPSA) is 0 Å². The van der Waals surface area contributed by atoms with Gasteiger partial charge in [0, 0.05) is 4.83 Å². The molecule has 1 atom stereocenters. The fraction of sp³-hybridized carbons (Fsp3) is 0.667. The van der Waals surface area contributed by atoms with Gasteiger partial charge in [0.05, 0.1) is 0 Å². The summed E-state index contributed by atoms with van der Waals surface area (Å²) in [7, 11) is 0. The molecule has 1 aromatic carbocycles. The van der Waals surface area contributed by atoms with Crippen LogP contribution in [0, 0.1) is 13.8 Å². The minimum absolute atomic E-state index is 0.531. The molecule has 19 heavy (non-hydrogen) atoms. The lowest BCUT2D eigenvalue weighted by Gasteiger charge is -2.13. The molecule has 1 unspecified atom stereocenters. The fourth-order valence-electron chi connectivity index (χ4n) is 2.61. The fourth-order valence-corrected chi connectivity index (χ4v) is 3.45. The molecule has 0 saturated heterocycles. The number of halogens is 1. The van der Waals surface area contributed by atoms with Crippen molar-refractivity contribution >= 4 is 15.9 Å². The highest BCUT2D eigenvalue weighted by Gasteiger charge is 2.09. The molecule has 0 amide bonds. The van der Waals surface area contributed by atoms with E-state index < -0.39 is 0 Å². The van der Waals surface area contributed by atoms with Gasteiger partial charge in [-0.05, 0) is 31.4 Å². The van der Waals surface area contributed by atoms with E-state index in [9.17, 15) is 0 Å². The van der Waals surface area contributed by atoms with Crippen molar-refractivity contribution in [3.8, 4) is 0 Å². The standard InChI is InChI=1S/C18H29Br/c1-4-5-6-7-8-9-10-11-18(19)17-13-12-15(2)14-16(17)3/h12-14,18H,4-11H2,1-3H3. The van der Waals surface area contributed by atoms with E-state index in [1.807, 2.05) is 0 Å². The Hall–Kier alpha value is -0.300. The number of benzene rings is 1. The summed E-state index contributed by atoms with van der Waals surface area (Å²) in [6.45, 7) is 6.66. The van der Waals surface area contributed by atoms with Gasteiger partial charge in [-0.25, -0.2) is 0 Å². The van der Waals surface area contributed by atoms with Crippen LogP contribution in [0.1, 0.15) is 79.8 Å².